The number of halogens is 1. The van der Waals surface area contributed by atoms with Crippen LogP contribution in [0.3, 0.4) is 0 Å². The molecule has 7 heteroatoms. The van der Waals surface area contributed by atoms with Crippen LogP contribution in [0.2, 0.25) is 0 Å². The van der Waals surface area contributed by atoms with Crippen molar-refractivity contribution in [2.75, 3.05) is 5.73 Å². The lowest BCUT2D eigenvalue weighted by molar-refractivity contribution is 0.631. The number of aromatic amines is 2. The number of hydrogen-bond acceptors (Lipinski definition) is 4. The maximum atomic E-state index is 13.8. The van der Waals surface area contributed by atoms with Crippen LogP contribution in [-0.4, -0.2) is 25.6 Å². The number of anilines is 1. The van der Waals surface area contributed by atoms with Gasteiger partial charge in [-0.25, -0.2) is 4.39 Å². The van der Waals surface area contributed by atoms with E-state index in [1.807, 2.05) is 0 Å². The molecule has 0 bridgehead atoms. The summed E-state index contributed by atoms with van der Waals surface area (Å²) < 4.78 is 13.8. The Labute approximate surface area is 101 Å². The van der Waals surface area contributed by atoms with E-state index in [4.69, 9.17) is 5.73 Å². The molecule has 1 aromatic carbocycles. The van der Waals surface area contributed by atoms with Gasteiger partial charge in [-0.3, -0.25) is 5.10 Å². The Bertz CT molecular complexity index is 673. The van der Waals surface area contributed by atoms with Crippen molar-refractivity contribution in [3.63, 3.8) is 0 Å². The highest BCUT2D eigenvalue weighted by Crippen LogP contribution is 2.34. The van der Waals surface area contributed by atoms with Gasteiger partial charge in [-0.15, -0.1) is 0 Å². The van der Waals surface area contributed by atoms with Crippen LogP contribution in [0, 0.1) is 5.82 Å². The zero-order chi connectivity index (χ0) is 12.5. The molecule has 3 aromatic rings. The van der Waals surface area contributed by atoms with Gasteiger partial charge in [0, 0.05) is 5.56 Å². The molecule has 0 aliphatic rings. The van der Waals surface area contributed by atoms with Gasteiger partial charge in [0.1, 0.15) is 11.5 Å². The van der Waals surface area contributed by atoms with Crippen LogP contribution in [-0.2, 0) is 0 Å². The minimum atomic E-state index is -0.365. The standard InChI is InChI=1S/C11H9FN6/c12-7-4-2-1-3-6(7)9-10(16-17-11(9)13)8-5-14-18-15-8/h1-5H,(H3,13,16,17)(H,14,15,18). The van der Waals surface area contributed by atoms with Crippen molar-refractivity contribution in [2.24, 2.45) is 0 Å². The van der Waals surface area contributed by atoms with E-state index in [0.717, 1.165) is 0 Å². The van der Waals surface area contributed by atoms with Crippen LogP contribution in [0.4, 0.5) is 10.2 Å². The summed E-state index contributed by atoms with van der Waals surface area (Å²) in [7, 11) is 0. The van der Waals surface area contributed by atoms with Crippen LogP contribution in [0.1, 0.15) is 0 Å². The molecule has 0 unspecified atom stereocenters. The molecule has 90 valence electrons. The minimum absolute atomic E-state index is 0.220. The van der Waals surface area contributed by atoms with Gasteiger partial charge in [0.15, 0.2) is 5.82 Å². The SMILES string of the molecule is Nc1n[nH]c(-c2cn[nH]n2)c1-c1ccccc1F. The van der Waals surface area contributed by atoms with Gasteiger partial charge in [0.25, 0.3) is 0 Å². The average Bonchev–Trinajstić information content (AvgIpc) is 2.99. The molecule has 2 aromatic heterocycles. The Hall–Kier alpha value is -2.70. The summed E-state index contributed by atoms with van der Waals surface area (Å²) in [5.74, 6) is -0.145. The number of rotatable bonds is 2. The molecule has 0 saturated carbocycles. The molecule has 0 amide bonds. The highest BCUT2D eigenvalue weighted by molar-refractivity contribution is 5.86. The van der Waals surface area contributed by atoms with Crippen molar-refractivity contribution in [3.8, 4) is 22.5 Å². The molecule has 0 radical (unpaired) electrons. The van der Waals surface area contributed by atoms with E-state index < -0.39 is 0 Å². The maximum absolute atomic E-state index is 13.8. The first-order valence-electron chi connectivity index (χ1n) is 5.22. The largest absolute Gasteiger partial charge is 0.382 e. The summed E-state index contributed by atoms with van der Waals surface area (Å²) in [5.41, 5.74) is 7.70. The van der Waals surface area contributed by atoms with Crippen molar-refractivity contribution in [2.45, 2.75) is 0 Å². The minimum Gasteiger partial charge on any atom is -0.382 e. The van der Waals surface area contributed by atoms with E-state index in [1.54, 1.807) is 18.2 Å². The summed E-state index contributed by atoms with van der Waals surface area (Å²) in [5, 5.41) is 16.8. The average molecular weight is 244 g/mol. The molecule has 0 aliphatic heterocycles. The van der Waals surface area contributed by atoms with Crippen molar-refractivity contribution >= 4 is 5.82 Å². The smallest absolute Gasteiger partial charge is 0.153 e. The number of nitrogens with zero attached hydrogens (tertiary/aromatic N) is 3. The Morgan fingerprint density at radius 3 is 2.72 bits per heavy atom. The summed E-state index contributed by atoms with van der Waals surface area (Å²) in [6, 6.07) is 6.36. The van der Waals surface area contributed by atoms with Gasteiger partial charge >= 0.3 is 0 Å². The molecular formula is C11H9FN6. The number of nitrogen functional groups attached to an aromatic ring is 1. The zero-order valence-electron chi connectivity index (χ0n) is 9.18. The zero-order valence-corrected chi connectivity index (χ0v) is 9.18. The Kier molecular flexibility index (Phi) is 2.30. The van der Waals surface area contributed by atoms with Gasteiger partial charge in [-0.1, -0.05) is 18.2 Å². The van der Waals surface area contributed by atoms with Crippen LogP contribution in [0.5, 0.6) is 0 Å². The Balaban J connectivity index is 2.24. The molecule has 0 spiro atoms. The molecule has 0 fully saturated rings. The second-order valence-electron chi connectivity index (χ2n) is 3.69. The van der Waals surface area contributed by atoms with Crippen LogP contribution >= 0.6 is 0 Å². The molecule has 3 rings (SSSR count). The predicted molar refractivity (Wildman–Crippen MR) is 63.8 cm³/mol. The van der Waals surface area contributed by atoms with Crippen molar-refractivity contribution < 1.29 is 4.39 Å². The van der Waals surface area contributed by atoms with Crippen molar-refractivity contribution in [1.29, 1.82) is 0 Å². The van der Waals surface area contributed by atoms with E-state index in [0.29, 0.717) is 22.5 Å². The molecule has 2 heterocycles. The monoisotopic (exact) mass is 244 g/mol. The Morgan fingerprint density at radius 2 is 2.00 bits per heavy atom. The van der Waals surface area contributed by atoms with E-state index in [9.17, 15) is 4.39 Å². The van der Waals surface area contributed by atoms with E-state index >= 15 is 0 Å². The third-order valence-corrected chi connectivity index (χ3v) is 2.61. The first kappa shape index (κ1) is 10.5. The number of aromatic nitrogens is 5. The first-order chi connectivity index (χ1) is 8.77. The van der Waals surface area contributed by atoms with Gasteiger partial charge in [-0.05, 0) is 6.07 Å². The fourth-order valence-electron chi connectivity index (χ4n) is 1.80. The molecule has 0 aliphatic carbocycles. The van der Waals surface area contributed by atoms with Crippen LogP contribution in [0.15, 0.2) is 30.5 Å². The quantitative estimate of drug-likeness (QED) is 0.637. The van der Waals surface area contributed by atoms with E-state index in [2.05, 4.69) is 25.6 Å². The lowest BCUT2D eigenvalue weighted by Gasteiger charge is -2.03. The number of nitrogens with two attached hydrogens (primary N) is 1. The summed E-state index contributed by atoms with van der Waals surface area (Å²) in [6.45, 7) is 0. The van der Waals surface area contributed by atoms with E-state index in [-0.39, 0.29) is 11.6 Å². The second-order valence-corrected chi connectivity index (χ2v) is 3.69. The lowest BCUT2D eigenvalue weighted by atomic mass is 10.0. The number of H-pyrrole nitrogens is 2. The van der Waals surface area contributed by atoms with Crippen molar-refractivity contribution in [3.05, 3.63) is 36.3 Å². The second kappa shape index (κ2) is 3.95. The lowest BCUT2D eigenvalue weighted by Crippen LogP contribution is -1.91. The third-order valence-electron chi connectivity index (χ3n) is 2.61. The molecule has 0 atom stereocenters. The first-order valence-corrected chi connectivity index (χ1v) is 5.22. The fraction of sp³-hybridized carbons (Fsp3) is 0. The highest BCUT2D eigenvalue weighted by Gasteiger charge is 2.18. The highest BCUT2D eigenvalue weighted by atomic mass is 19.1. The van der Waals surface area contributed by atoms with Crippen LogP contribution < -0.4 is 5.73 Å². The Morgan fingerprint density at radius 1 is 1.17 bits per heavy atom. The number of benzene rings is 1. The predicted octanol–water partition coefficient (Wildman–Crippen LogP) is 1.58. The topological polar surface area (TPSA) is 96.3 Å². The number of nitrogens with one attached hydrogen (secondary N) is 2. The van der Waals surface area contributed by atoms with Gasteiger partial charge < -0.3 is 5.73 Å². The summed E-state index contributed by atoms with van der Waals surface area (Å²) >= 11 is 0. The summed E-state index contributed by atoms with van der Waals surface area (Å²) in [6.07, 6.45) is 1.51. The molecule has 6 nitrogen and oxygen atoms in total. The number of hydrogen-bond donors (Lipinski definition) is 3. The molecule has 0 saturated heterocycles. The molecular weight excluding hydrogens is 235 g/mol. The van der Waals surface area contributed by atoms with Gasteiger partial charge in [0.2, 0.25) is 0 Å². The fourth-order valence-corrected chi connectivity index (χ4v) is 1.80. The van der Waals surface area contributed by atoms with Crippen LogP contribution in [0.25, 0.3) is 22.5 Å². The maximum Gasteiger partial charge on any atom is 0.153 e. The summed E-state index contributed by atoms with van der Waals surface area (Å²) in [4.78, 5) is 0. The van der Waals surface area contributed by atoms with E-state index in [1.165, 1.54) is 12.3 Å². The van der Waals surface area contributed by atoms with Gasteiger partial charge in [-0.2, -0.15) is 20.5 Å². The van der Waals surface area contributed by atoms with Gasteiger partial charge in [0.05, 0.1) is 17.5 Å². The molecule has 4 N–H and O–H groups in total. The third kappa shape index (κ3) is 1.53. The normalized spacial score (nSPS) is 10.7. The van der Waals surface area contributed by atoms with Crippen molar-refractivity contribution in [1.82, 2.24) is 25.6 Å². The molecule has 18 heavy (non-hydrogen) atoms.